The van der Waals surface area contributed by atoms with Gasteiger partial charge in [0.25, 0.3) is 0 Å². The molecule has 0 bridgehead atoms. The van der Waals surface area contributed by atoms with Gasteiger partial charge in [0, 0.05) is 12.1 Å². The van der Waals surface area contributed by atoms with E-state index in [9.17, 15) is 9.59 Å². The van der Waals surface area contributed by atoms with Crippen molar-refractivity contribution in [2.24, 2.45) is 0 Å². The molecule has 1 aromatic carbocycles. The van der Waals surface area contributed by atoms with Gasteiger partial charge in [0.15, 0.2) is 0 Å². The van der Waals surface area contributed by atoms with Crippen LogP contribution < -0.4 is 15.4 Å². The molecule has 130 valence electrons. The third-order valence-electron chi connectivity index (χ3n) is 3.37. The first-order chi connectivity index (χ1) is 10.5. The van der Waals surface area contributed by atoms with E-state index in [4.69, 9.17) is 9.84 Å². The maximum atomic E-state index is 12.1. The standard InChI is InChI=1S/C16H24N2O4.ClH/c1-4-7-13(16(20)21)18-11(2)15(19)17-10-12-8-5-6-9-14(12)22-3;/h5-6,8-9,11,13,18H,4,7,10H2,1-3H3,(H,17,19)(H,20,21);1H. The summed E-state index contributed by atoms with van der Waals surface area (Å²) in [7, 11) is 1.58. The number of hydrogen-bond donors (Lipinski definition) is 3. The molecular formula is C16H25ClN2O4. The fourth-order valence-corrected chi connectivity index (χ4v) is 2.13. The molecule has 0 aliphatic heterocycles. The van der Waals surface area contributed by atoms with Crippen LogP contribution in [0.4, 0.5) is 0 Å². The van der Waals surface area contributed by atoms with Gasteiger partial charge in [-0.15, -0.1) is 12.4 Å². The van der Waals surface area contributed by atoms with E-state index < -0.39 is 18.1 Å². The topological polar surface area (TPSA) is 87.7 Å². The normalized spacial score (nSPS) is 12.7. The molecule has 0 heterocycles. The lowest BCUT2D eigenvalue weighted by Crippen LogP contribution is -2.49. The second-order valence-electron chi connectivity index (χ2n) is 5.10. The minimum Gasteiger partial charge on any atom is -0.496 e. The number of ether oxygens (including phenoxy) is 1. The second-order valence-corrected chi connectivity index (χ2v) is 5.10. The highest BCUT2D eigenvalue weighted by Crippen LogP contribution is 2.16. The molecule has 0 radical (unpaired) electrons. The maximum absolute atomic E-state index is 12.1. The predicted molar refractivity (Wildman–Crippen MR) is 91.0 cm³/mol. The quantitative estimate of drug-likeness (QED) is 0.637. The van der Waals surface area contributed by atoms with Crippen molar-refractivity contribution in [3.8, 4) is 5.75 Å². The number of hydrogen-bond acceptors (Lipinski definition) is 4. The summed E-state index contributed by atoms with van der Waals surface area (Å²) in [4.78, 5) is 23.2. The SMILES string of the molecule is CCCC(NC(C)C(=O)NCc1ccccc1OC)C(=O)O.Cl. The van der Waals surface area contributed by atoms with E-state index in [0.717, 1.165) is 12.0 Å². The van der Waals surface area contributed by atoms with Gasteiger partial charge in [-0.3, -0.25) is 14.9 Å². The number of para-hydroxylation sites is 1. The molecule has 6 nitrogen and oxygen atoms in total. The van der Waals surface area contributed by atoms with Crippen molar-refractivity contribution in [3.05, 3.63) is 29.8 Å². The van der Waals surface area contributed by atoms with Crippen LogP contribution in [0.25, 0.3) is 0 Å². The largest absolute Gasteiger partial charge is 0.496 e. The zero-order valence-electron chi connectivity index (χ0n) is 13.7. The molecule has 0 fully saturated rings. The molecule has 0 saturated carbocycles. The molecule has 23 heavy (non-hydrogen) atoms. The fourth-order valence-electron chi connectivity index (χ4n) is 2.13. The van der Waals surface area contributed by atoms with Crippen LogP contribution in [0.15, 0.2) is 24.3 Å². The van der Waals surface area contributed by atoms with Gasteiger partial charge in [-0.2, -0.15) is 0 Å². The molecule has 0 aliphatic carbocycles. The van der Waals surface area contributed by atoms with E-state index in [1.165, 1.54) is 0 Å². The van der Waals surface area contributed by atoms with Gasteiger partial charge in [-0.05, 0) is 19.4 Å². The van der Waals surface area contributed by atoms with Gasteiger partial charge in [-0.25, -0.2) is 0 Å². The Balaban J connectivity index is 0.00000484. The molecule has 3 N–H and O–H groups in total. The van der Waals surface area contributed by atoms with Crippen LogP contribution in [-0.2, 0) is 16.1 Å². The highest BCUT2D eigenvalue weighted by molar-refractivity contribution is 5.85. The van der Waals surface area contributed by atoms with Gasteiger partial charge in [-0.1, -0.05) is 31.5 Å². The number of carboxylic acids is 1. The van der Waals surface area contributed by atoms with Crippen LogP contribution in [0.2, 0.25) is 0 Å². The third kappa shape index (κ3) is 6.88. The number of benzene rings is 1. The Morgan fingerprint density at radius 3 is 2.52 bits per heavy atom. The van der Waals surface area contributed by atoms with Crippen LogP contribution >= 0.6 is 12.4 Å². The van der Waals surface area contributed by atoms with Crippen molar-refractivity contribution < 1.29 is 19.4 Å². The summed E-state index contributed by atoms with van der Waals surface area (Å²) in [5, 5.41) is 14.7. The van der Waals surface area contributed by atoms with Crippen molar-refractivity contribution in [3.63, 3.8) is 0 Å². The minimum atomic E-state index is -0.939. The Kier molecular flexibility index (Phi) is 10.0. The summed E-state index contributed by atoms with van der Waals surface area (Å²) in [6.07, 6.45) is 1.22. The van der Waals surface area contributed by atoms with Crippen LogP contribution in [0.5, 0.6) is 5.75 Å². The van der Waals surface area contributed by atoms with Gasteiger partial charge in [0.2, 0.25) is 5.91 Å². The lowest BCUT2D eigenvalue weighted by atomic mass is 10.1. The second kappa shape index (κ2) is 10.9. The number of carbonyl (C=O) groups is 2. The Bertz CT molecular complexity index is 511. The van der Waals surface area contributed by atoms with E-state index in [0.29, 0.717) is 18.7 Å². The van der Waals surface area contributed by atoms with Crippen LogP contribution in [0.3, 0.4) is 0 Å². The Labute approximate surface area is 143 Å². The predicted octanol–water partition coefficient (Wildman–Crippen LogP) is 1.96. The molecule has 1 rings (SSSR count). The van der Waals surface area contributed by atoms with Gasteiger partial charge in [0.1, 0.15) is 11.8 Å². The number of nitrogens with one attached hydrogen (secondary N) is 2. The minimum absolute atomic E-state index is 0. The fraction of sp³-hybridized carbons (Fsp3) is 0.500. The Hall–Kier alpha value is -1.79. The molecule has 0 aromatic heterocycles. The highest BCUT2D eigenvalue weighted by Gasteiger charge is 2.22. The van der Waals surface area contributed by atoms with Crippen molar-refractivity contribution in [1.82, 2.24) is 10.6 Å². The number of aliphatic carboxylic acids is 1. The first-order valence-corrected chi connectivity index (χ1v) is 7.38. The molecule has 1 aromatic rings. The summed E-state index contributed by atoms with van der Waals surface area (Å²) < 4.78 is 5.22. The number of carbonyl (C=O) groups excluding carboxylic acids is 1. The van der Waals surface area contributed by atoms with Gasteiger partial charge >= 0.3 is 5.97 Å². The molecule has 2 atom stereocenters. The number of rotatable bonds is 9. The van der Waals surface area contributed by atoms with Crippen LogP contribution in [0, 0.1) is 0 Å². The lowest BCUT2D eigenvalue weighted by Gasteiger charge is -2.19. The van der Waals surface area contributed by atoms with E-state index in [1.54, 1.807) is 14.0 Å². The maximum Gasteiger partial charge on any atom is 0.320 e. The highest BCUT2D eigenvalue weighted by atomic mass is 35.5. The zero-order valence-corrected chi connectivity index (χ0v) is 14.5. The number of halogens is 1. The molecule has 1 amide bonds. The van der Waals surface area contributed by atoms with Crippen molar-refractivity contribution in [2.75, 3.05) is 7.11 Å². The summed E-state index contributed by atoms with van der Waals surface area (Å²) in [6.45, 7) is 3.90. The van der Waals surface area contributed by atoms with Gasteiger partial charge in [0.05, 0.1) is 13.2 Å². The average molecular weight is 345 g/mol. The van der Waals surface area contributed by atoms with E-state index in [-0.39, 0.29) is 18.3 Å². The van der Waals surface area contributed by atoms with Crippen molar-refractivity contribution >= 4 is 24.3 Å². The first kappa shape index (κ1) is 21.2. The number of carboxylic acid groups (broad SMARTS) is 1. The molecule has 2 unspecified atom stereocenters. The molecular weight excluding hydrogens is 320 g/mol. The monoisotopic (exact) mass is 344 g/mol. The molecule has 7 heteroatoms. The van der Waals surface area contributed by atoms with Crippen molar-refractivity contribution in [2.45, 2.75) is 45.3 Å². The van der Waals surface area contributed by atoms with E-state index >= 15 is 0 Å². The molecule has 0 spiro atoms. The summed E-state index contributed by atoms with van der Waals surface area (Å²) in [6, 6.07) is 6.13. The number of methoxy groups -OCH3 is 1. The number of amides is 1. The molecule has 0 aliphatic rings. The smallest absolute Gasteiger partial charge is 0.320 e. The van der Waals surface area contributed by atoms with Crippen LogP contribution in [-0.4, -0.2) is 36.2 Å². The lowest BCUT2D eigenvalue weighted by molar-refractivity contribution is -0.140. The summed E-state index contributed by atoms with van der Waals surface area (Å²) in [5.74, 6) is -0.475. The zero-order chi connectivity index (χ0) is 16.5. The summed E-state index contributed by atoms with van der Waals surface area (Å²) >= 11 is 0. The third-order valence-corrected chi connectivity index (χ3v) is 3.37. The first-order valence-electron chi connectivity index (χ1n) is 7.38. The Morgan fingerprint density at radius 2 is 1.96 bits per heavy atom. The van der Waals surface area contributed by atoms with E-state index in [1.807, 2.05) is 31.2 Å². The van der Waals surface area contributed by atoms with E-state index in [2.05, 4.69) is 10.6 Å². The molecule has 0 saturated heterocycles. The van der Waals surface area contributed by atoms with Crippen molar-refractivity contribution in [1.29, 1.82) is 0 Å². The Morgan fingerprint density at radius 1 is 1.30 bits per heavy atom. The van der Waals surface area contributed by atoms with Crippen LogP contribution in [0.1, 0.15) is 32.3 Å². The van der Waals surface area contributed by atoms with Gasteiger partial charge < -0.3 is 15.2 Å². The average Bonchev–Trinajstić information content (AvgIpc) is 2.52. The summed E-state index contributed by atoms with van der Waals surface area (Å²) in [5.41, 5.74) is 0.869.